The smallest absolute Gasteiger partial charge is 0.331 e. The Balaban J connectivity index is 1.63. The van der Waals surface area contributed by atoms with Crippen molar-refractivity contribution in [2.75, 3.05) is 0 Å². The molecule has 0 aromatic heterocycles. The second-order valence-corrected chi connectivity index (χ2v) is 13.0. The Labute approximate surface area is 236 Å². The molecule has 40 heavy (non-hydrogen) atoms. The number of rotatable bonds is 5. The van der Waals surface area contributed by atoms with Crippen LogP contribution in [0.25, 0.3) is 6.08 Å². The molecule has 4 aliphatic carbocycles. The van der Waals surface area contributed by atoms with Crippen molar-refractivity contribution in [3.63, 3.8) is 0 Å². The van der Waals surface area contributed by atoms with E-state index in [1.54, 1.807) is 6.08 Å². The minimum atomic E-state index is -0.900. The van der Waals surface area contributed by atoms with E-state index in [9.17, 15) is 19.2 Å². The highest BCUT2D eigenvalue weighted by Crippen LogP contribution is 2.86. The highest BCUT2D eigenvalue weighted by atomic mass is 16.6. The number of hydrogen-bond donors (Lipinski definition) is 0. The monoisotopic (exact) mass is 548 g/mol. The van der Waals surface area contributed by atoms with Crippen molar-refractivity contribution >= 4 is 29.8 Å². The van der Waals surface area contributed by atoms with Gasteiger partial charge in [0.15, 0.2) is 0 Å². The Kier molecular flexibility index (Phi) is 6.67. The van der Waals surface area contributed by atoms with Crippen molar-refractivity contribution in [2.45, 2.75) is 85.5 Å². The number of carbonyl (C=O) groups is 4. The number of Topliss-reactive ketones (excluding diaryl/α,β-unsaturated/α-hetero) is 1. The SMILES string of the molecule is C=C1[C@@H](OC(=O)/C=C/c2ccccc2)CC[C@@]2(C)[C@@H](OC(C)=O)[C@H](OC(C)=O)[C@@]34[C@H](C)C(=O)C[C@@H](C[C@@]132)C4(C)C. The normalized spacial score (nSPS) is 39.4. The highest BCUT2D eigenvalue weighted by Gasteiger charge is 2.88. The molecule has 0 aliphatic heterocycles. The third-order valence-electron chi connectivity index (χ3n) is 11.2. The Morgan fingerprint density at radius 1 is 0.975 bits per heavy atom. The van der Waals surface area contributed by atoms with Crippen LogP contribution in [0.3, 0.4) is 0 Å². The maximum Gasteiger partial charge on any atom is 0.331 e. The Bertz CT molecular complexity index is 1290. The summed E-state index contributed by atoms with van der Waals surface area (Å²) < 4.78 is 18.3. The standard InChI is InChI=1S/C33H40O7/c1-19-25(36)17-24-18-32-20(2)26(40-27(37)14-13-23-11-9-8-10-12-23)15-16-31(32,7)28(38-21(3)34)29(39-22(4)35)33(19,32)30(24,5)6/h8-14,19,24,26,28-29H,2,15-18H2,1,3-7H3/b14-13+/t19-,24+,26+,28+,29+,31+,32+,33-/m1/s1. The lowest BCUT2D eigenvalue weighted by Gasteiger charge is -2.60. The fraction of sp³-hybridized carbons (Fsp3) is 0.576. The number of carbonyl (C=O) groups excluding carboxylic acids is 4. The van der Waals surface area contributed by atoms with Crippen molar-refractivity contribution in [3.05, 3.63) is 54.1 Å². The van der Waals surface area contributed by atoms with Crippen molar-refractivity contribution in [1.82, 2.24) is 0 Å². The molecule has 2 bridgehead atoms. The summed E-state index contributed by atoms with van der Waals surface area (Å²) in [5.41, 5.74) is -1.21. The average Bonchev–Trinajstić information content (AvgIpc) is 3.14. The molecule has 4 aliphatic rings. The second kappa shape index (κ2) is 9.42. The molecule has 0 radical (unpaired) electrons. The minimum Gasteiger partial charge on any atom is -0.458 e. The third kappa shape index (κ3) is 3.55. The Hall–Kier alpha value is -3.22. The van der Waals surface area contributed by atoms with E-state index in [1.807, 2.05) is 37.3 Å². The first-order chi connectivity index (χ1) is 18.7. The van der Waals surface area contributed by atoms with Gasteiger partial charge in [-0.2, -0.15) is 0 Å². The van der Waals surface area contributed by atoms with E-state index in [1.165, 1.54) is 19.9 Å². The Morgan fingerprint density at radius 3 is 2.23 bits per heavy atom. The van der Waals surface area contributed by atoms with E-state index in [4.69, 9.17) is 14.2 Å². The van der Waals surface area contributed by atoms with Gasteiger partial charge in [-0.25, -0.2) is 4.79 Å². The average molecular weight is 549 g/mol. The number of hydrogen-bond acceptors (Lipinski definition) is 7. The molecule has 7 nitrogen and oxygen atoms in total. The van der Waals surface area contributed by atoms with E-state index in [0.717, 1.165) is 11.1 Å². The van der Waals surface area contributed by atoms with Gasteiger partial charge in [0, 0.05) is 48.5 Å². The molecule has 0 saturated heterocycles. The van der Waals surface area contributed by atoms with E-state index in [0.29, 0.717) is 25.7 Å². The summed E-state index contributed by atoms with van der Waals surface area (Å²) in [6, 6.07) is 9.51. The van der Waals surface area contributed by atoms with Crippen LogP contribution in [-0.4, -0.2) is 42.0 Å². The van der Waals surface area contributed by atoms with Gasteiger partial charge < -0.3 is 14.2 Å². The van der Waals surface area contributed by atoms with Crippen LogP contribution in [0.5, 0.6) is 0 Å². The number of benzene rings is 1. The molecule has 214 valence electrons. The first-order valence-corrected chi connectivity index (χ1v) is 14.2. The van der Waals surface area contributed by atoms with Crippen molar-refractivity contribution in [3.8, 4) is 0 Å². The van der Waals surface area contributed by atoms with Gasteiger partial charge in [0.1, 0.15) is 24.1 Å². The summed E-state index contributed by atoms with van der Waals surface area (Å²) >= 11 is 0. The highest BCUT2D eigenvalue weighted by molar-refractivity contribution is 5.87. The molecule has 4 saturated carbocycles. The van der Waals surface area contributed by atoms with E-state index < -0.39 is 63.8 Å². The lowest BCUT2D eigenvalue weighted by Crippen LogP contribution is -2.62. The maximum absolute atomic E-state index is 13.6. The molecule has 0 amide bonds. The molecule has 1 aromatic rings. The number of ether oxygens (including phenoxy) is 3. The topological polar surface area (TPSA) is 96.0 Å². The summed E-state index contributed by atoms with van der Waals surface area (Å²) in [5, 5.41) is 0. The summed E-state index contributed by atoms with van der Waals surface area (Å²) in [7, 11) is 0. The van der Waals surface area contributed by atoms with Gasteiger partial charge in [-0.05, 0) is 47.8 Å². The third-order valence-corrected chi connectivity index (χ3v) is 11.2. The van der Waals surface area contributed by atoms with Gasteiger partial charge in [0.2, 0.25) is 0 Å². The Morgan fingerprint density at radius 2 is 1.60 bits per heavy atom. The summed E-state index contributed by atoms with van der Waals surface area (Å²) in [4.78, 5) is 51.8. The van der Waals surface area contributed by atoms with Crippen LogP contribution in [0.15, 0.2) is 48.6 Å². The van der Waals surface area contributed by atoms with Crippen LogP contribution in [0, 0.1) is 33.5 Å². The lowest BCUT2D eigenvalue weighted by atomic mass is 9.42. The minimum absolute atomic E-state index is 0.0102. The number of fused-ring (bicyclic) bond motifs is 1. The van der Waals surface area contributed by atoms with Gasteiger partial charge in [-0.15, -0.1) is 0 Å². The van der Waals surface area contributed by atoms with E-state index in [-0.39, 0.29) is 11.7 Å². The molecule has 0 N–H and O–H groups in total. The molecular weight excluding hydrogens is 508 g/mol. The summed E-state index contributed by atoms with van der Waals surface area (Å²) in [6.07, 6.45) is 3.01. The molecular formula is C33H40O7. The zero-order chi connectivity index (χ0) is 29.3. The predicted octanol–water partition coefficient (Wildman–Crippen LogP) is 5.47. The first-order valence-electron chi connectivity index (χ1n) is 14.2. The maximum atomic E-state index is 13.6. The van der Waals surface area contributed by atoms with Crippen molar-refractivity contribution in [1.29, 1.82) is 0 Å². The molecule has 7 heteroatoms. The summed E-state index contributed by atoms with van der Waals surface area (Å²) in [6.45, 7) is 15.6. The second-order valence-electron chi connectivity index (χ2n) is 13.0. The van der Waals surface area contributed by atoms with E-state index in [2.05, 4.69) is 27.4 Å². The van der Waals surface area contributed by atoms with Gasteiger partial charge in [-0.3, -0.25) is 14.4 Å². The van der Waals surface area contributed by atoms with Gasteiger partial charge in [0.05, 0.1) is 0 Å². The molecule has 0 heterocycles. The quantitative estimate of drug-likeness (QED) is 0.208. The predicted molar refractivity (Wildman–Crippen MR) is 148 cm³/mol. The largest absolute Gasteiger partial charge is 0.458 e. The van der Waals surface area contributed by atoms with Gasteiger partial charge >= 0.3 is 17.9 Å². The summed E-state index contributed by atoms with van der Waals surface area (Å²) in [5.74, 6) is -1.80. The molecule has 0 unspecified atom stereocenters. The van der Waals surface area contributed by atoms with E-state index >= 15 is 0 Å². The zero-order valence-corrected chi connectivity index (χ0v) is 24.3. The van der Waals surface area contributed by atoms with Crippen LogP contribution < -0.4 is 0 Å². The van der Waals surface area contributed by atoms with Crippen LogP contribution in [0.2, 0.25) is 0 Å². The molecule has 2 spiro atoms. The molecule has 4 fully saturated rings. The number of esters is 3. The van der Waals surface area contributed by atoms with Gasteiger partial charge in [0.25, 0.3) is 0 Å². The fourth-order valence-electron chi connectivity index (χ4n) is 9.73. The van der Waals surface area contributed by atoms with Crippen LogP contribution in [0.1, 0.15) is 72.8 Å². The number of ketones is 1. The molecule has 1 aromatic carbocycles. The zero-order valence-electron chi connectivity index (χ0n) is 24.3. The van der Waals surface area contributed by atoms with Gasteiger partial charge in [-0.1, -0.05) is 64.6 Å². The van der Waals surface area contributed by atoms with Crippen molar-refractivity contribution < 1.29 is 33.4 Å². The van der Waals surface area contributed by atoms with Crippen LogP contribution in [-0.2, 0) is 33.4 Å². The molecule has 8 atom stereocenters. The van der Waals surface area contributed by atoms with Crippen molar-refractivity contribution in [2.24, 2.45) is 33.5 Å². The van der Waals surface area contributed by atoms with Crippen LogP contribution in [0.4, 0.5) is 0 Å². The van der Waals surface area contributed by atoms with Crippen LogP contribution >= 0.6 is 0 Å². The lowest BCUT2D eigenvalue weighted by molar-refractivity contribution is -0.194. The molecule has 5 rings (SSSR count). The fourth-order valence-corrected chi connectivity index (χ4v) is 9.73. The first kappa shape index (κ1) is 28.3.